The monoisotopic (exact) mass is 390 g/mol. The first kappa shape index (κ1) is 22.5. The van der Waals surface area contributed by atoms with Crippen molar-refractivity contribution in [3.8, 4) is 0 Å². The Hall–Kier alpha value is 0.471. The van der Waals surface area contributed by atoms with Crippen LogP contribution in [0.5, 0.6) is 0 Å². The van der Waals surface area contributed by atoms with Crippen molar-refractivity contribution in [2.75, 3.05) is 0 Å². The first-order chi connectivity index (χ1) is 9.51. The van der Waals surface area contributed by atoms with Crippen molar-refractivity contribution in [2.24, 2.45) is 11.8 Å². The van der Waals surface area contributed by atoms with Gasteiger partial charge in [0.1, 0.15) is 0 Å². The summed E-state index contributed by atoms with van der Waals surface area (Å²) in [5.41, 5.74) is 3.22. The molecule has 0 amide bonds. The fourth-order valence-electron chi connectivity index (χ4n) is 3.61. The summed E-state index contributed by atoms with van der Waals surface area (Å²) in [7, 11) is 0. The molecular weight excluding hydrogens is 363 g/mol. The second kappa shape index (κ2) is 9.69. The van der Waals surface area contributed by atoms with Crippen molar-refractivity contribution in [1.82, 2.24) is 0 Å². The smallest absolute Gasteiger partial charge is 1.00 e. The molecule has 0 N–H and O–H groups in total. The molecule has 0 aromatic heterocycles. The van der Waals surface area contributed by atoms with Gasteiger partial charge in [-0.1, -0.05) is 0 Å². The Labute approximate surface area is 155 Å². The number of hydrogen-bond donors (Lipinski definition) is 0. The van der Waals surface area contributed by atoms with E-state index in [1.807, 2.05) is 7.76 Å². The van der Waals surface area contributed by atoms with Crippen LogP contribution in [0.15, 0.2) is 43.2 Å². The van der Waals surface area contributed by atoms with Crippen LogP contribution in [0.3, 0.4) is 0 Å². The molecule has 2 aliphatic rings. The van der Waals surface area contributed by atoms with Gasteiger partial charge in [0.05, 0.1) is 0 Å². The SMILES string of the molecule is CCC1C=CC(C)=[C]1[Ti+2]([C]1=C(C)C=CC1CC)=[Si](C)C.[Cl-].[Cl-]. The zero-order valence-corrected chi connectivity index (χ0v) is 18.7. The summed E-state index contributed by atoms with van der Waals surface area (Å²) in [6.45, 7) is 14.6. The summed E-state index contributed by atoms with van der Waals surface area (Å²) >= 11 is -1.28. The van der Waals surface area contributed by atoms with Gasteiger partial charge in [-0.3, -0.25) is 0 Å². The van der Waals surface area contributed by atoms with Crippen LogP contribution in [0.4, 0.5) is 0 Å². The van der Waals surface area contributed by atoms with E-state index in [1.54, 1.807) is 11.1 Å². The Morgan fingerprint density at radius 2 is 1.23 bits per heavy atom. The molecule has 2 unspecified atom stereocenters. The summed E-state index contributed by atoms with van der Waals surface area (Å²) in [4.78, 5) is 0. The maximum Gasteiger partial charge on any atom is -1.00 e. The van der Waals surface area contributed by atoms with Crippen LogP contribution in [0, 0.1) is 11.8 Å². The Morgan fingerprint density at radius 3 is 1.50 bits per heavy atom. The first-order valence-electron chi connectivity index (χ1n) is 7.97. The van der Waals surface area contributed by atoms with E-state index in [0.717, 1.165) is 11.8 Å². The fourth-order valence-corrected chi connectivity index (χ4v) is 16.9. The molecule has 0 heterocycles. The Kier molecular flexibility index (Phi) is 9.90. The second-order valence-electron chi connectivity index (χ2n) is 6.32. The van der Waals surface area contributed by atoms with E-state index in [9.17, 15) is 0 Å². The Balaban J connectivity index is 0.00000220. The van der Waals surface area contributed by atoms with E-state index in [4.69, 9.17) is 0 Å². The number of allylic oxidation sites excluding steroid dienone is 8. The normalized spacial score (nSPS) is 22.4. The molecule has 0 radical (unpaired) electrons. The second-order valence-corrected chi connectivity index (χ2v) is 17.9. The van der Waals surface area contributed by atoms with Crippen molar-refractivity contribution < 1.29 is 41.4 Å². The zero-order valence-electron chi connectivity index (χ0n) is 14.6. The molecule has 0 nitrogen and oxygen atoms in total. The number of hydrogen-bond acceptors (Lipinski definition) is 0. The summed E-state index contributed by atoms with van der Waals surface area (Å²) in [5, 5.41) is 0. The maximum absolute atomic E-state index is 2.57. The van der Waals surface area contributed by atoms with Gasteiger partial charge in [-0.15, -0.1) is 0 Å². The Morgan fingerprint density at radius 1 is 0.864 bits per heavy atom. The third-order valence-corrected chi connectivity index (χ3v) is 16.6. The van der Waals surface area contributed by atoms with Gasteiger partial charge in [0.25, 0.3) is 0 Å². The molecule has 0 bridgehead atoms. The van der Waals surface area contributed by atoms with Gasteiger partial charge in [0.15, 0.2) is 0 Å². The zero-order chi connectivity index (χ0) is 14.9. The van der Waals surface area contributed by atoms with Crippen LogP contribution in [-0.2, 0) is 16.6 Å². The van der Waals surface area contributed by atoms with Crippen molar-refractivity contribution in [2.45, 2.75) is 53.6 Å². The van der Waals surface area contributed by atoms with E-state index < -0.39 is 16.6 Å². The number of rotatable bonds is 4. The predicted octanol–water partition coefficient (Wildman–Crippen LogP) is -0.396. The fraction of sp³-hybridized carbons (Fsp3) is 0.556. The van der Waals surface area contributed by atoms with Crippen LogP contribution < -0.4 is 24.8 Å². The van der Waals surface area contributed by atoms with Crippen molar-refractivity contribution in [1.29, 1.82) is 0 Å². The molecule has 2 atom stereocenters. The summed E-state index contributed by atoms with van der Waals surface area (Å²) in [6, 6.07) is 0. The van der Waals surface area contributed by atoms with Gasteiger partial charge in [-0.25, -0.2) is 0 Å². The molecule has 122 valence electrons. The van der Waals surface area contributed by atoms with Gasteiger partial charge in [0.2, 0.25) is 0 Å². The average molecular weight is 391 g/mol. The molecule has 0 aromatic rings. The first-order valence-corrected chi connectivity index (χ1v) is 14.4. The minimum atomic E-state index is -1.28. The molecule has 22 heavy (non-hydrogen) atoms. The summed E-state index contributed by atoms with van der Waals surface area (Å²) in [6.07, 6.45) is 12.1. The van der Waals surface area contributed by atoms with Crippen molar-refractivity contribution >= 4 is 6.19 Å². The topological polar surface area (TPSA) is 0 Å². The number of halogens is 2. The van der Waals surface area contributed by atoms with Crippen LogP contribution in [-0.4, -0.2) is 6.19 Å². The largest absolute Gasteiger partial charge is 1.00 e. The van der Waals surface area contributed by atoms with Crippen molar-refractivity contribution in [3.05, 3.63) is 43.2 Å². The molecular formula is C18H28Cl2SiTi. The molecule has 0 saturated heterocycles. The van der Waals surface area contributed by atoms with Crippen molar-refractivity contribution in [3.63, 3.8) is 0 Å². The van der Waals surface area contributed by atoms with Crippen LogP contribution in [0.1, 0.15) is 40.5 Å². The summed E-state index contributed by atoms with van der Waals surface area (Å²) in [5.74, 6) is 1.51. The molecule has 0 spiro atoms. The van der Waals surface area contributed by atoms with Crippen LogP contribution >= 0.6 is 0 Å². The maximum atomic E-state index is 2.57. The third-order valence-electron chi connectivity index (χ3n) is 4.67. The quantitative estimate of drug-likeness (QED) is 0.573. The van der Waals surface area contributed by atoms with E-state index >= 15 is 0 Å². The van der Waals surface area contributed by atoms with Gasteiger partial charge >= 0.3 is 131 Å². The summed E-state index contributed by atoms with van der Waals surface area (Å²) < 4.78 is 3.81. The molecule has 2 rings (SSSR count). The van der Waals surface area contributed by atoms with E-state index in [2.05, 4.69) is 65.1 Å². The molecule has 0 saturated carbocycles. The van der Waals surface area contributed by atoms with E-state index in [1.165, 1.54) is 12.8 Å². The van der Waals surface area contributed by atoms with E-state index in [-0.39, 0.29) is 31.0 Å². The minimum absolute atomic E-state index is 0. The van der Waals surface area contributed by atoms with Gasteiger partial charge in [-0.05, 0) is 0 Å². The molecule has 0 aliphatic heterocycles. The van der Waals surface area contributed by atoms with Gasteiger partial charge in [0, 0.05) is 0 Å². The van der Waals surface area contributed by atoms with Gasteiger partial charge in [-0.2, -0.15) is 0 Å². The minimum Gasteiger partial charge on any atom is -1.00 e. The third kappa shape index (κ3) is 4.30. The van der Waals surface area contributed by atoms with Crippen LogP contribution in [0.25, 0.3) is 0 Å². The molecule has 0 fully saturated rings. The molecule has 2 aliphatic carbocycles. The standard InChI is InChI=1S/2C8H11.C2H6Si.2ClH.Ti/c2*1-3-8-5-4-7(2)6-8;1-3-2;;;/h2*4-5,8H,3H2,1-2H3;1-2H3;2*1H;/q;;;;;+2/p-2. The predicted molar refractivity (Wildman–Crippen MR) is 88.7 cm³/mol. The van der Waals surface area contributed by atoms with Gasteiger partial charge < -0.3 is 24.8 Å². The van der Waals surface area contributed by atoms with Crippen LogP contribution in [0.2, 0.25) is 13.1 Å². The Bertz CT molecular complexity index is 520. The van der Waals surface area contributed by atoms with E-state index in [0.29, 0.717) is 0 Å². The molecule has 0 aromatic carbocycles. The molecule has 4 heteroatoms. The average Bonchev–Trinajstić information content (AvgIpc) is 2.95.